The summed E-state index contributed by atoms with van der Waals surface area (Å²) in [7, 11) is 1.80. The summed E-state index contributed by atoms with van der Waals surface area (Å²) in [6.45, 7) is 0.829. The minimum absolute atomic E-state index is 0.392. The maximum Gasteiger partial charge on any atom is 0.188 e. The Morgan fingerprint density at radius 3 is 2.56 bits per heavy atom. The average Bonchev–Trinajstić information content (AvgIpc) is 2.72. The third kappa shape index (κ3) is 1.72. The van der Waals surface area contributed by atoms with Gasteiger partial charge in [0.2, 0.25) is 0 Å². The van der Waals surface area contributed by atoms with Gasteiger partial charge >= 0.3 is 0 Å². The summed E-state index contributed by atoms with van der Waals surface area (Å²) in [6.07, 6.45) is 4.80. The molecule has 2 aliphatic rings. The molecule has 2 fully saturated rings. The monoisotopic (exact) mass is 222 g/mol. The molecule has 2 N–H and O–H groups in total. The molecule has 2 saturated heterocycles. The first-order valence-corrected chi connectivity index (χ1v) is 5.96. The highest BCUT2D eigenvalue weighted by Crippen LogP contribution is 2.35. The average molecular weight is 222 g/mol. The van der Waals surface area contributed by atoms with Gasteiger partial charge in [-0.2, -0.15) is 4.80 Å². The van der Waals surface area contributed by atoms with Gasteiger partial charge in [0, 0.05) is 18.1 Å². The molecule has 3 heterocycles. The lowest BCUT2D eigenvalue weighted by molar-refractivity contribution is 0.116. The number of hydrogen-bond donors (Lipinski definition) is 1. The summed E-state index contributed by atoms with van der Waals surface area (Å²) in [5, 5.41) is 12.2. The van der Waals surface area contributed by atoms with Crippen LogP contribution in [0, 0.1) is 0 Å². The van der Waals surface area contributed by atoms with Crippen molar-refractivity contribution < 1.29 is 0 Å². The van der Waals surface area contributed by atoms with Gasteiger partial charge in [-0.25, -0.2) is 0 Å². The van der Waals surface area contributed by atoms with Crippen LogP contribution in [-0.4, -0.2) is 43.2 Å². The molecule has 0 saturated carbocycles. The number of aryl methyl sites for hydroxylation is 1. The van der Waals surface area contributed by atoms with Gasteiger partial charge in [0.25, 0.3) is 0 Å². The number of nitrogens with two attached hydrogens (primary N) is 1. The molecule has 0 aromatic carbocycles. The van der Waals surface area contributed by atoms with Crippen LogP contribution in [0.15, 0.2) is 0 Å². The summed E-state index contributed by atoms with van der Waals surface area (Å²) in [5.41, 5.74) is 6.04. The number of tetrazole rings is 1. The van der Waals surface area contributed by atoms with Crippen molar-refractivity contribution in [2.24, 2.45) is 12.8 Å². The van der Waals surface area contributed by atoms with E-state index in [1.807, 2.05) is 0 Å². The van der Waals surface area contributed by atoms with Gasteiger partial charge < -0.3 is 5.73 Å². The van der Waals surface area contributed by atoms with Gasteiger partial charge in [-0.1, -0.05) is 0 Å². The smallest absolute Gasteiger partial charge is 0.188 e. The highest BCUT2D eigenvalue weighted by molar-refractivity contribution is 4.98. The number of rotatable bonds is 2. The van der Waals surface area contributed by atoms with Gasteiger partial charge in [-0.05, 0) is 30.9 Å². The van der Waals surface area contributed by atoms with Crippen molar-refractivity contribution in [1.29, 1.82) is 0 Å². The summed E-state index contributed by atoms with van der Waals surface area (Å²) >= 11 is 0. The molecule has 0 aliphatic carbocycles. The molecule has 16 heavy (non-hydrogen) atoms. The van der Waals surface area contributed by atoms with E-state index in [9.17, 15) is 0 Å². The fourth-order valence-corrected chi connectivity index (χ4v) is 3.12. The highest BCUT2D eigenvalue weighted by Gasteiger charge is 2.39. The molecule has 2 unspecified atom stereocenters. The van der Waals surface area contributed by atoms with Gasteiger partial charge in [-0.15, -0.1) is 10.2 Å². The highest BCUT2D eigenvalue weighted by atomic mass is 15.6. The van der Waals surface area contributed by atoms with Crippen LogP contribution in [0.5, 0.6) is 0 Å². The van der Waals surface area contributed by atoms with E-state index in [2.05, 4.69) is 20.3 Å². The van der Waals surface area contributed by atoms with Crippen LogP contribution in [0.2, 0.25) is 0 Å². The topological polar surface area (TPSA) is 72.9 Å². The second-order valence-electron chi connectivity index (χ2n) is 4.98. The molecular weight excluding hydrogens is 204 g/mol. The number of nitrogens with zero attached hydrogens (tertiary/aromatic N) is 5. The molecule has 3 rings (SSSR count). The standard InChI is InChI=1S/C10H18N6/c1-15-13-10(12-14-15)6-16-8-2-3-9(16)5-7(11)4-8/h7-9H,2-6,11H2,1H3. The van der Waals surface area contributed by atoms with E-state index in [4.69, 9.17) is 5.73 Å². The predicted molar refractivity (Wildman–Crippen MR) is 58.4 cm³/mol. The van der Waals surface area contributed by atoms with Crippen LogP contribution in [0.25, 0.3) is 0 Å². The molecule has 2 aliphatic heterocycles. The van der Waals surface area contributed by atoms with Crippen LogP contribution in [0.1, 0.15) is 31.5 Å². The molecule has 6 nitrogen and oxygen atoms in total. The van der Waals surface area contributed by atoms with Crippen molar-refractivity contribution in [3.63, 3.8) is 0 Å². The first kappa shape index (κ1) is 10.2. The Kier molecular flexibility index (Phi) is 2.40. The Morgan fingerprint density at radius 2 is 2.00 bits per heavy atom. The molecule has 0 radical (unpaired) electrons. The van der Waals surface area contributed by atoms with Crippen molar-refractivity contribution in [2.75, 3.05) is 0 Å². The van der Waals surface area contributed by atoms with Gasteiger partial charge in [0.15, 0.2) is 5.82 Å². The number of piperidine rings is 1. The van der Waals surface area contributed by atoms with E-state index >= 15 is 0 Å². The van der Waals surface area contributed by atoms with Crippen molar-refractivity contribution in [1.82, 2.24) is 25.1 Å². The minimum Gasteiger partial charge on any atom is -0.328 e. The summed E-state index contributed by atoms with van der Waals surface area (Å²) in [6, 6.07) is 1.67. The van der Waals surface area contributed by atoms with Crippen molar-refractivity contribution in [3.8, 4) is 0 Å². The van der Waals surface area contributed by atoms with Crippen LogP contribution in [0.4, 0.5) is 0 Å². The maximum atomic E-state index is 6.04. The van der Waals surface area contributed by atoms with E-state index in [0.29, 0.717) is 18.1 Å². The quantitative estimate of drug-likeness (QED) is 0.741. The first-order chi connectivity index (χ1) is 7.72. The molecule has 2 atom stereocenters. The Bertz CT molecular complexity index is 361. The van der Waals surface area contributed by atoms with Gasteiger partial charge in [0.1, 0.15) is 0 Å². The number of hydrogen-bond acceptors (Lipinski definition) is 5. The molecule has 0 spiro atoms. The van der Waals surface area contributed by atoms with E-state index in [1.54, 1.807) is 7.05 Å². The second kappa shape index (κ2) is 3.78. The van der Waals surface area contributed by atoms with Crippen LogP contribution >= 0.6 is 0 Å². The van der Waals surface area contributed by atoms with Crippen molar-refractivity contribution >= 4 is 0 Å². The zero-order chi connectivity index (χ0) is 11.1. The lowest BCUT2D eigenvalue weighted by Crippen LogP contribution is -2.47. The Labute approximate surface area is 94.8 Å². The molecular formula is C10H18N6. The zero-order valence-electron chi connectivity index (χ0n) is 9.58. The summed E-state index contributed by atoms with van der Waals surface area (Å²) < 4.78 is 0. The Morgan fingerprint density at radius 1 is 1.31 bits per heavy atom. The predicted octanol–water partition coefficient (Wildman–Crippen LogP) is -0.336. The van der Waals surface area contributed by atoms with Crippen LogP contribution in [-0.2, 0) is 13.6 Å². The Hall–Kier alpha value is -1.01. The second-order valence-corrected chi connectivity index (χ2v) is 4.98. The molecule has 1 aromatic rings. The Balaban J connectivity index is 1.72. The third-order valence-corrected chi connectivity index (χ3v) is 3.79. The van der Waals surface area contributed by atoms with E-state index in [1.165, 1.54) is 17.6 Å². The summed E-state index contributed by atoms with van der Waals surface area (Å²) in [5.74, 6) is 0.829. The lowest BCUT2D eigenvalue weighted by atomic mass is 9.98. The fraction of sp³-hybridized carbons (Fsp3) is 0.900. The summed E-state index contributed by atoms with van der Waals surface area (Å²) in [4.78, 5) is 4.04. The van der Waals surface area contributed by atoms with Crippen molar-refractivity contribution in [3.05, 3.63) is 5.82 Å². The van der Waals surface area contributed by atoms with E-state index in [-0.39, 0.29) is 0 Å². The van der Waals surface area contributed by atoms with Gasteiger partial charge in [-0.3, -0.25) is 4.90 Å². The van der Waals surface area contributed by atoms with Crippen LogP contribution in [0.3, 0.4) is 0 Å². The zero-order valence-corrected chi connectivity index (χ0v) is 9.58. The third-order valence-electron chi connectivity index (χ3n) is 3.79. The fourth-order valence-electron chi connectivity index (χ4n) is 3.12. The molecule has 0 amide bonds. The van der Waals surface area contributed by atoms with E-state index < -0.39 is 0 Å². The number of fused-ring (bicyclic) bond motifs is 2. The maximum absolute atomic E-state index is 6.04. The first-order valence-electron chi connectivity index (χ1n) is 5.96. The van der Waals surface area contributed by atoms with Crippen LogP contribution < -0.4 is 5.73 Å². The van der Waals surface area contributed by atoms with Crippen molar-refractivity contribution in [2.45, 2.75) is 50.4 Å². The molecule has 88 valence electrons. The molecule has 2 bridgehead atoms. The van der Waals surface area contributed by atoms with Gasteiger partial charge in [0.05, 0.1) is 13.6 Å². The SMILES string of the molecule is Cn1nnc(CN2C3CCC2CC(N)C3)n1. The normalized spacial score (nSPS) is 34.5. The lowest BCUT2D eigenvalue weighted by Gasteiger charge is -2.36. The van der Waals surface area contributed by atoms with E-state index in [0.717, 1.165) is 25.2 Å². The largest absolute Gasteiger partial charge is 0.328 e. The minimum atomic E-state index is 0.392. The molecule has 1 aromatic heterocycles. The molecule has 6 heteroatoms. The number of aromatic nitrogens is 4.